The second kappa shape index (κ2) is 6.28. The first-order chi connectivity index (χ1) is 9.37. The van der Waals surface area contributed by atoms with E-state index in [-0.39, 0.29) is 5.02 Å². The van der Waals surface area contributed by atoms with Gasteiger partial charge in [0, 0.05) is 32.2 Å². The Morgan fingerprint density at radius 2 is 1.90 bits per heavy atom. The van der Waals surface area contributed by atoms with Crippen LogP contribution in [0.5, 0.6) is 0 Å². The highest BCUT2D eigenvalue weighted by molar-refractivity contribution is 6.30. The minimum Gasteiger partial charge on any atom is -0.314 e. The van der Waals surface area contributed by atoms with Crippen molar-refractivity contribution in [2.75, 3.05) is 26.2 Å². The SMILES string of the molecule is Fc1ccc([C@H](CC(F)(F)F)N2CCNCC2)cc1Cl. The molecule has 1 saturated heterocycles. The smallest absolute Gasteiger partial charge is 0.314 e. The number of benzene rings is 1. The minimum absolute atomic E-state index is 0.148. The van der Waals surface area contributed by atoms with Gasteiger partial charge in [0.25, 0.3) is 0 Å². The van der Waals surface area contributed by atoms with Crippen LogP contribution in [0.15, 0.2) is 18.2 Å². The van der Waals surface area contributed by atoms with Gasteiger partial charge in [-0.15, -0.1) is 0 Å². The fraction of sp³-hybridized carbons (Fsp3) is 0.538. The summed E-state index contributed by atoms with van der Waals surface area (Å²) in [5, 5.41) is 2.95. The molecule has 1 aromatic rings. The van der Waals surface area contributed by atoms with Gasteiger partial charge < -0.3 is 5.32 Å². The van der Waals surface area contributed by atoms with E-state index < -0.39 is 24.5 Å². The summed E-state index contributed by atoms with van der Waals surface area (Å²) < 4.78 is 51.5. The van der Waals surface area contributed by atoms with Crippen LogP contribution in [0.4, 0.5) is 17.6 Å². The van der Waals surface area contributed by atoms with Crippen LogP contribution in [0.3, 0.4) is 0 Å². The molecule has 0 spiro atoms. The van der Waals surface area contributed by atoms with Crippen LogP contribution < -0.4 is 5.32 Å². The van der Waals surface area contributed by atoms with Crippen LogP contribution in [0, 0.1) is 5.82 Å². The van der Waals surface area contributed by atoms with Gasteiger partial charge in [0.15, 0.2) is 0 Å². The van der Waals surface area contributed by atoms with E-state index in [1.54, 1.807) is 4.90 Å². The van der Waals surface area contributed by atoms with Gasteiger partial charge in [-0.05, 0) is 17.7 Å². The maximum absolute atomic E-state index is 13.2. The van der Waals surface area contributed by atoms with Gasteiger partial charge in [0.05, 0.1) is 11.4 Å². The van der Waals surface area contributed by atoms with Crippen molar-refractivity contribution in [3.8, 4) is 0 Å². The monoisotopic (exact) mass is 310 g/mol. The molecule has 1 N–H and O–H groups in total. The molecule has 0 bridgehead atoms. The van der Waals surface area contributed by atoms with Crippen LogP contribution >= 0.6 is 11.6 Å². The van der Waals surface area contributed by atoms with Crippen molar-refractivity contribution in [2.45, 2.75) is 18.6 Å². The first-order valence-corrected chi connectivity index (χ1v) is 6.71. The topological polar surface area (TPSA) is 15.3 Å². The van der Waals surface area contributed by atoms with Crippen molar-refractivity contribution >= 4 is 11.6 Å². The van der Waals surface area contributed by atoms with Crippen molar-refractivity contribution < 1.29 is 17.6 Å². The molecule has 112 valence electrons. The molecule has 1 heterocycles. The highest BCUT2D eigenvalue weighted by Gasteiger charge is 2.36. The zero-order chi connectivity index (χ0) is 14.8. The summed E-state index contributed by atoms with van der Waals surface area (Å²) in [7, 11) is 0. The molecule has 1 atom stereocenters. The Labute approximate surface area is 119 Å². The number of hydrogen-bond donors (Lipinski definition) is 1. The third kappa shape index (κ3) is 4.07. The molecule has 7 heteroatoms. The summed E-state index contributed by atoms with van der Waals surface area (Å²) >= 11 is 5.68. The molecule has 0 aliphatic carbocycles. The van der Waals surface area contributed by atoms with Gasteiger partial charge in [-0.3, -0.25) is 4.90 Å². The quantitative estimate of drug-likeness (QED) is 0.861. The Kier molecular flexibility index (Phi) is 4.88. The van der Waals surface area contributed by atoms with Crippen molar-refractivity contribution in [3.63, 3.8) is 0 Å². The molecule has 0 saturated carbocycles. The van der Waals surface area contributed by atoms with Crippen molar-refractivity contribution in [1.29, 1.82) is 0 Å². The molecular weight excluding hydrogens is 296 g/mol. The zero-order valence-electron chi connectivity index (χ0n) is 10.7. The summed E-state index contributed by atoms with van der Waals surface area (Å²) in [6.07, 6.45) is -5.24. The number of rotatable bonds is 3. The second-order valence-electron chi connectivity index (χ2n) is 4.79. The Morgan fingerprint density at radius 3 is 2.45 bits per heavy atom. The van der Waals surface area contributed by atoms with Crippen LogP contribution in [-0.4, -0.2) is 37.3 Å². The molecular formula is C13H15ClF4N2. The van der Waals surface area contributed by atoms with Gasteiger partial charge in [0.2, 0.25) is 0 Å². The molecule has 0 amide bonds. The standard InChI is InChI=1S/C13H15ClF4N2/c14-10-7-9(1-2-11(10)15)12(8-13(16,17)18)20-5-3-19-4-6-20/h1-2,7,12,19H,3-6,8H2/t12-/m0/s1. The number of halogens is 5. The molecule has 1 fully saturated rings. The van der Waals surface area contributed by atoms with Crippen molar-refractivity contribution in [2.24, 2.45) is 0 Å². The normalized spacial score (nSPS) is 19.1. The fourth-order valence-electron chi connectivity index (χ4n) is 2.39. The number of nitrogens with one attached hydrogen (secondary N) is 1. The highest BCUT2D eigenvalue weighted by Crippen LogP contribution is 2.35. The van der Waals surface area contributed by atoms with E-state index in [2.05, 4.69) is 5.32 Å². The summed E-state index contributed by atoms with van der Waals surface area (Å²) in [5.41, 5.74) is 0.399. The predicted octanol–water partition coefficient (Wildman–Crippen LogP) is 3.38. The van der Waals surface area contributed by atoms with Crippen LogP contribution in [-0.2, 0) is 0 Å². The maximum atomic E-state index is 13.2. The molecule has 20 heavy (non-hydrogen) atoms. The van der Waals surface area contributed by atoms with E-state index in [1.165, 1.54) is 12.1 Å². The lowest BCUT2D eigenvalue weighted by Gasteiger charge is -2.35. The molecule has 1 aromatic carbocycles. The second-order valence-corrected chi connectivity index (χ2v) is 5.20. The van der Waals surface area contributed by atoms with E-state index in [0.717, 1.165) is 6.07 Å². The Bertz CT molecular complexity index is 458. The molecule has 2 rings (SSSR count). The summed E-state index contributed by atoms with van der Waals surface area (Å²) in [5.74, 6) is -0.624. The zero-order valence-corrected chi connectivity index (χ0v) is 11.4. The van der Waals surface area contributed by atoms with Gasteiger partial charge in [-0.1, -0.05) is 17.7 Å². The summed E-state index contributed by atoms with van der Waals surface area (Å²) in [6, 6.07) is 2.95. The Balaban J connectivity index is 2.26. The molecule has 1 aliphatic heterocycles. The van der Waals surface area contributed by atoms with Crippen LogP contribution in [0.2, 0.25) is 5.02 Å². The Morgan fingerprint density at radius 1 is 1.25 bits per heavy atom. The number of piperazine rings is 1. The van der Waals surface area contributed by atoms with E-state index in [9.17, 15) is 17.6 Å². The molecule has 0 radical (unpaired) electrons. The average Bonchev–Trinajstić information content (AvgIpc) is 2.39. The van der Waals surface area contributed by atoms with E-state index in [1.807, 2.05) is 0 Å². The molecule has 0 aromatic heterocycles. The van der Waals surface area contributed by atoms with Crippen LogP contribution in [0.25, 0.3) is 0 Å². The number of hydrogen-bond acceptors (Lipinski definition) is 2. The molecule has 2 nitrogen and oxygen atoms in total. The fourth-order valence-corrected chi connectivity index (χ4v) is 2.58. The highest BCUT2D eigenvalue weighted by atomic mass is 35.5. The first-order valence-electron chi connectivity index (χ1n) is 6.33. The van der Waals surface area contributed by atoms with Gasteiger partial charge >= 0.3 is 6.18 Å². The Hall–Kier alpha value is -0.850. The lowest BCUT2D eigenvalue weighted by molar-refractivity contribution is -0.148. The lowest BCUT2D eigenvalue weighted by Crippen LogP contribution is -2.46. The van der Waals surface area contributed by atoms with Gasteiger partial charge in [0.1, 0.15) is 5.82 Å². The third-order valence-corrected chi connectivity index (χ3v) is 3.64. The van der Waals surface area contributed by atoms with Crippen molar-refractivity contribution in [3.05, 3.63) is 34.6 Å². The van der Waals surface area contributed by atoms with E-state index in [4.69, 9.17) is 11.6 Å². The van der Waals surface area contributed by atoms with Crippen molar-refractivity contribution in [1.82, 2.24) is 10.2 Å². The maximum Gasteiger partial charge on any atom is 0.390 e. The number of nitrogens with zero attached hydrogens (tertiary/aromatic N) is 1. The summed E-state index contributed by atoms with van der Waals surface area (Å²) in [6.45, 7) is 2.33. The predicted molar refractivity (Wildman–Crippen MR) is 69.3 cm³/mol. The minimum atomic E-state index is -4.28. The van der Waals surface area contributed by atoms with E-state index >= 15 is 0 Å². The third-order valence-electron chi connectivity index (χ3n) is 3.35. The largest absolute Gasteiger partial charge is 0.390 e. The number of alkyl halides is 3. The van der Waals surface area contributed by atoms with Gasteiger partial charge in [-0.25, -0.2) is 4.39 Å². The summed E-state index contributed by atoms with van der Waals surface area (Å²) in [4.78, 5) is 1.76. The van der Waals surface area contributed by atoms with Gasteiger partial charge in [-0.2, -0.15) is 13.2 Å². The first kappa shape index (κ1) is 15.5. The molecule has 0 unspecified atom stereocenters. The lowest BCUT2D eigenvalue weighted by atomic mass is 10.0. The average molecular weight is 311 g/mol. The van der Waals surface area contributed by atoms with E-state index in [0.29, 0.717) is 31.7 Å². The molecule has 1 aliphatic rings. The van der Waals surface area contributed by atoms with Crippen LogP contribution in [0.1, 0.15) is 18.0 Å².